The Balaban J connectivity index is 1.52. The fourth-order valence-corrected chi connectivity index (χ4v) is 7.50. The molecule has 0 amide bonds. The highest BCUT2D eigenvalue weighted by atomic mass is 16.3. The molecule has 4 nitrogen and oxygen atoms in total. The maximum atomic E-state index is 12.4. The van der Waals surface area contributed by atoms with Crippen LogP contribution in [-0.2, 0) is 10.8 Å². The van der Waals surface area contributed by atoms with Gasteiger partial charge in [-0.3, -0.25) is 9.55 Å². The third-order valence-electron chi connectivity index (χ3n) is 10.9. The summed E-state index contributed by atoms with van der Waals surface area (Å²) in [7, 11) is 0. The molecular weight excluding hydrogens is 731 g/mol. The second-order valence-corrected chi connectivity index (χ2v) is 16.9. The van der Waals surface area contributed by atoms with Crippen molar-refractivity contribution in [2.45, 2.75) is 91.7 Å². The monoisotopic (exact) mass is 805 g/mol. The Labute approximate surface area is 380 Å². The van der Waals surface area contributed by atoms with Crippen molar-refractivity contribution in [2.75, 3.05) is 0 Å². The van der Waals surface area contributed by atoms with Gasteiger partial charge >= 0.3 is 0 Å². The second kappa shape index (κ2) is 15.7. The molecule has 0 aliphatic carbocycles. The Kier molecular flexibility index (Phi) is 6.48. The molecule has 0 bridgehead atoms. The summed E-state index contributed by atoms with van der Waals surface area (Å²) in [5.74, 6) is -0.00745. The van der Waals surface area contributed by atoms with E-state index >= 15 is 0 Å². The molecule has 0 saturated carbocycles. The topological polar surface area (TPSA) is 50.9 Å². The third-order valence-corrected chi connectivity index (χ3v) is 10.9. The van der Waals surface area contributed by atoms with Crippen molar-refractivity contribution in [3.8, 4) is 67.5 Å². The fraction of sp³-hybridized carbons (Fsp3) is 0.250. The average Bonchev–Trinajstić information content (AvgIpc) is 3.84. The van der Waals surface area contributed by atoms with Crippen LogP contribution in [0.1, 0.15) is 126 Å². The minimum Gasteiger partial charge on any atom is -0.507 e. The first-order valence-corrected chi connectivity index (χ1v) is 20.0. The van der Waals surface area contributed by atoms with Gasteiger partial charge in [-0.2, -0.15) is 0 Å². The molecule has 2 aromatic heterocycles. The Morgan fingerprint density at radius 1 is 0.633 bits per heavy atom. The molecule has 4 heteroatoms. The maximum absolute atomic E-state index is 12.4. The summed E-state index contributed by atoms with van der Waals surface area (Å²) in [6, 6.07) is 23.1. The third kappa shape index (κ3) is 7.79. The summed E-state index contributed by atoms with van der Waals surface area (Å²) in [5.41, 5.74) is 0.634. The van der Waals surface area contributed by atoms with Crippen molar-refractivity contribution in [2.24, 2.45) is 0 Å². The molecule has 8 rings (SSSR count). The largest absolute Gasteiger partial charge is 0.507 e. The van der Waals surface area contributed by atoms with Crippen molar-refractivity contribution in [1.82, 2.24) is 14.5 Å². The highest BCUT2D eigenvalue weighted by molar-refractivity contribution is 5.98. The van der Waals surface area contributed by atoms with Crippen molar-refractivity contribution in [3.05, 3.63) is 168 Å². The normalized spacial score (nSPS) is 16.9. The molecule has 8 aromatic rings. The number of rotatable bonds is 8. The summed E-state index contributed by atoms with van der Waals surface area (Å²) < 4.78 is 149. The van der Waals surface area contributed by atoms with Gasteiger partial charge in [0.15, 0.2) is 0 Å². The van der Waals surface area contributed by atoms with Crippen LogP contribution in [0.5, 0.6) is 5.75 Å². The number of hydrogen-bond acceptors (Lipinski definition) is 3. The van der Waals surface area contributed by atoms with E-state index in [0.29, 0.717) is 50.1 Å². The number of aromatic hydroxyl groups is 1. The van der Waals surface area contributed by atoms with E-state index in [9.17, 15) is 6.48 Å². The van der Waals surface area contributed by atoms with Crippen LogP contribution in [0.25, 0.3) is 72.7 Å². The summed E-state index contributed by atoms with van der Waals surface area (Å²) in [4.78, 5) is 9.80. The van der Waals surface area contributed by atoms with Crippen LogP contribution in [0, 0.1) is 0 Å². The van der Waals surface area contributed by atoms with Gasteiger partial charge in [0.25, 0.3) is 0 Å². The van der Waals surface area contributed by atoms with Crippen LogP contribution >= 0.6 is 0 Å². The number of para-hydroxylation sites is 1. The molecular formula is C56H57N3O. The molecule has 0 aliphatic heterocycles. The Bertz CT molecular complexity index is 3580. The lowest BCUT2D eigenvalue weighted by Gasteiger charge is -2.23. The van der Waals surface area contributed by atoms with E-state index in [0.717, 1.165) is 11.1 Å². The number of benzene rings is 6. The number of phenolic OH excluding ortho intramolecular Hbond substituents is 1. The Morgan fingerprint density at radius 3 is 2.08 bits per heavy atom. The van der Waals surface area contributed by atoms with E-state index in [1.54, 1.807) is 59.2 Å². The van der Waals surface area contributed by atoms with E-state index in [1.165, 1.54) is 18.2 Å². The second-order valence-electron chi connectivity index (χ2n) is 16.9. The molecule has 0 unspecified atom stereocenters. The number of hydrogen-bond donors (Lipinski definition) is 1. The lowest BCUT2D eigenvalue weighted by molar-refractivity contribution is 0.466. The number of phenols is 1. The number of imidazole rings is 1. The van der Waals surface area contributed by atoms with Crippen LogP contribution < -0.4 is 0 Å². The number of fused-ring (bicyclic) bond motifs is 1. The van der Waals surface area contributed by atoms with Crippen molar-refractivity contribution in [1.29, 1.82) is 0 Å². The first kappa shape index (κ1) is 24.7. The summed E-state index contributed by atoms with van der Waals surface area (Å²) >= 11 is 0. The summed E-state index contributed by atoms with van der Waals surface area (Å²) in [6.45, 7) is 3.21. The lowest BCUT2D eigenvalue weighted by atomic mass is 9.83. The molecule has 60 heavy (non-hydrogen) atoms. The fourth-order valence-electron chi connectivity index (χ4n) is 7.50. The van der Waals surface area contributed by atoms with Crippen LogP contribution in [0.2, 0.25) is 0 Å². The minimum absolute atomic E-state index is 0.0179. The molecule has 6 aromatic carbocycles. The van der Waals surface area contributed by atoms with Crippen molar-refractivity contribution in [3.63, 3.8) is 0 Å². The molecule has 0 saturated heterocycles. The van der Waals surface area contributed by atoms with Gasteiger partial charge < -0.3 is 5.11 Å². The van der Waals surface area contributed by atoms with Crippen LogP contribution in [0.15, 0.2) is 146 Å². The zero-order valence-electron chi connectivity index (χ0n) is 51.7. The van der Waals surface area contributed by atoms with E-state index in [4.69, 9.17) is 26.9 Å². The zero-order valence-corrected chi connectivity index (χ0v) is 34.7. The molecule has 0 radical (unpaired) electrons. The summed E-state index contributed by atoms with van der Waals surface area (Å²) in [5, 5.41) is 12.4. The van der Waals surface area contributed by atoms with Gasteiger partial charge in [-0.25, -0.2) is 4.98 Å². The number of aromatic nitrogens is 3. The van der Waals surface area contributed by atoms with Gasteiger partial charge in [-0.15, -0.1) is 0 Å². The highest BCUT2D eigenvalue weighted by Crippen LogP contribution is 2.45. The zero-order chi connectivity index (χ0) is 57.0. The van der Waals surface area contributed by atoms with Gasteiger partial charge in [0.1, 0.15) is 11.6 Å². The Morgan fingerprint density at radius 2 is 1.38 bits per heavy atom. The van der Waals surface area contributed by atoms with E-state index in [2.05, 4.69) is 4.98 Å². The lowest BCUT2D eigenvalue weighted by Crippen LogP contribution is -2.12. The predicted octanol–water partition coefficient (Wildman–Crippen LogP) is 15.3. The van der Waals surface area contributed by atoms with Gasteiger partial charge in [0, 0.05) is 35.2 Å². The summed E-state index contributed by atoms with van der Waals surface area (Å²) in [6.07, 6.45) is -0.593. The SMILES string of the molecule is [2H]c1nc(-c2cc(-c3cccc4c3nc(-c3cc(C(C)C)cc(C(C)C)c3O)n4-c3ccc(C(C([2H])([2H])[2H])(C([2H])([2H])[2H])C([2H])([2H])[2H])cc3-c3ccccc3)cc(C(C)(C)C)c2)c([2H])c(-c2c([2H])c([2H])c([2H])c([2H])c2[2H])c1[2H]. The van der Waals surface area contributed by atoms with E-state index in [1.807, 2.05) is 72.7 Å². The van der Waals surface area contributed by atoms with Crippen LogP contribution in [0.3, 0.4) is 0 Å². The van der Waals surface area contributed by atoms with Crippen LogP contribution in [-0.4, -0.2) is 19.6 Å². The molecule has 2 heterocycles. The minimum atomic E-state index is -3.55. The smallest absolute Gasteiger partial charge is 0.149 e. The van der Waals surface area contributed by atoms with Crippen molar-refractivity contribution >= 4 is 11.0 Å². The first-order valence-electron chi connectivity index (χ1n) is 28.5. The standard InChI is InChI=1S/C56H57N3O/c1-35(2)40-31-46(36(3)4)53(60)48(32-40)54-58-52-45(22-17-23-51(52)59(54)50-25-24-43(55(5,6)7)34-47(50)38-20-15-12-16-21-38)41-28-42(30-44(29-41)56(8,9)10)49-33-39(26-27-57-49)37-18-13-11-14-19-37/h11-36,60H,1-10H3/i5D3,6D3,7D3,11D,13D,14D,18D,19D,26D,27D,33D. The Hall–Kier alpha value is -6.26. The van der Waals surface area contributed by atoms with Gasteiger partial charge in [-0.05, 0) is 116 Å². The highest BCUT2D eigenvalue weighted by Gasteiger charge is 2.27. The van der Waals surface area contributed by atoms with Gasteiger partial charge in [0.05, 0.1) is 38.9 Å². The van der Waals surface area contributed by atoms with E-state index < -0.39 is 91.0 Å². The van der Waals surface area contributed by atoms with E-state index in [-0.39, 0.29) is 40.2 Å². The molecule has 0 aliphatic rings. The van der Waals surface area contributed by atoms with Gasteiger partial charge in [-0.1, -0.05) is 160 Å². The molecule has 0 atom stereocenters. The van der Waals surface area contributed by atoms with Crippen molar-refractivity contribution < 1.29 is 28.4 Å². The number of pyridine rings is 1. The predicted molar refractivity (Wildman–Crippen MR) is 253 cm³/mol. The quantitative estimate of drug-likeness (QED) is 0.166. The van der Waals surface area contributed by atoms with Crippen LogP contribution in [0.4, 0.5) is 0 Å². The molecule has 0 fully saturated rings. The number of nitrogens with zero attached hydrogens (tertiary/aromatic N) is 3. The molecule has 302 valence electrons. The molecule has 0 spiro atoms. The van der Waals surface area contributed by atoms with Gasteiger partial charge in [0.2, 0.25) is 0 Å². The maximum Gasteiger partial charge on any atom is 0.149 e. The molecule has 1 N–H and O–H groups in total. The average molecular weight is 805 g/mol. The first-order chi connectivity index (χ1) is 35.6.